The Hall–Kier alpha value is -4.40. The molecule has 1 aliphatic heterocycles. The smallest absolute Gasteiger partial charge is 0.425 e. The van der Waals surface area contributed by atoms with Crippen molar-refractivity contribution < 1.29 is 27.1 Å². The van der Waals surface area contributed by atoms with Crippen LogP contribution in [-0.2, 0) is 11.2 Å². The Morgan fingerprint density at radius 3 is 2.65 bits per heavy atom. The summed E-state index contributed by atoms with van der Waals surface area (Å²) in [5.41, 5.74) is 1.81. The predicted molar refractivity (Wildman–Crippen MR) is 141 cm³/mol. The van der Waals surface area contributed by atoms with Crippen molar-refractivity contribution in [2.24, 2.45) is 0 Å². The van der Waals surface area contributed by atoms with Crippen LogP contribution in [0.25, 0.3) is 16.7 Å². The summed E-state index contributed by atoms with van der Waals surface area (Å²) in [6.07, 6.45) is -6.70. The second-order valence-electron chi connectivity index (χ2n) is 10.1. The summed E-state index contributed by atoms with van der Waals surface area (Å²) < 4.78 is 59.6. The highest BCUT2D eigenvalue weighted by Gasteiger charge is 2.39. The Bertz CT molecular complexity index is 1690. The zero-order chi connectivity index (χ0) is 28.8. The minimum absolute atomic E-state index is 0.346. The quantitative estimate of drug-likeness (QED) is 0.262. The lowest BCUT2D eigenvalue weighted by molar-refractivity contribution is -0.197. The molecule has 1 N–H and O–H groups in total. The number of halogens is 4. The maximum atomic E-state index is 15.3. The normalized spacial score (nSPS) is 14.4. The van der Waals surface area contributed by atoms with Crippen LogP contribution >= 0.6 is 0 Å². The number of carbonyl (C=O) groups is 1. The number of alkyl carbamates (subject to hydrolysis) is 1. The van der Waals surface area contributed by atoms with Gasteiger partial charge in [-0.05, 0) is 70.4 Å². The number of fused-ring (bicyclic) bond motifs is 4. The molecule has 1 amide bonds. The molecule has 3 heterocycles. The molecule has 0 fully saturated rings. The summed E-state index contributed by atoms with van der Waals surface area (Å²) in [6.45, 7) is 6.25. The molecular formula is C28H26F4N6O2. The van der Waals surface area contributed by atoms with E-state index in [1.165, 1.54) is 6.07 Å². The Labute approximate surface area is 227 Å². The van der Waals surface area contributed by atoms with Crippen LogP contribution in [-0.4, -0.2) is 50.0 Å². The van der Waals surface area contributed by atoms with Crippen molar-refractivity contribution in [1.82, 2.24) is 24.9 Å². The van der Waals surface area contributed by atoms with Crippen molar-refractivity contribution in [1.29, 1.82) is 0 Å². The van der Waals surface area contributed by atoms with Gasteiger partial charge in [0, 0.05) is 17.8 Å². The lowest BCUT2D eigenvalue weighted by Gasteiger charge is -2.32. The number of hydrogen-bond donors (Lipinski definition) is 1. The van der Waals surface area contributed by atoms with E-state index < -0.39 is 29.7 Å². The van der Waals surface area contributed by atoms with E-state index in [9.17, 15) is 18.0 Å². The lowest BCUT2D eigenvalue weighted by Crippen LogP contribution is -2.45. The fraction of sp³-hybridized carbons (Fsp3) is 0.357. The van der Waals surface area contributed by atoms with Crippen molar-refractivity contribution in [2.45, 2.75) is 58.4 Å². The molecule has 40 heavy (non-hydrogen) atoms. The number of carbonyl (C=O) groups excluding carboxylic acids is 1. The lowest BCUT2D eigenvalue weighted by atomic mass is 9.95. The molecule has 0 spiro atoms. The van der Waals surface area contributed by atoms with E-state index in [1.54, 1.807) is 37.3 Å². The van der Waals surface area contributed by atoms with Crippen molar-refractivity contribution in [2.75, 3.05) is 11.4 Å². The third-order valence-electron chi connectivity index (χ3n) is 6.65. The zero-order valence-corrected chi connectivity index (χ0v) is 22.2. The molecule has 2 aromatic heterocycles. The minimum Gasteiger partial charge on any atom is -0.437 e. The Balaban J connectivity index is 1.50. The molecule has 208 valence electrons. The maximum absolute atomic E-state index is 15.3. The summed E-state index contributed by atoms with van der Waals surface area (Å²) in [4.78, 5) is 18.7. The average Bonchev–Trinajstić information content (AvgIpc) is 3.26. The monoisotopic (exact) mass is 554 g/mol. The number of ether oxygens (including phenoxy) is 1. The molecule has 5 rings (SSSR count). The van der Waals surface area contributed by atoms with Gasteiger partial charge in [0.2, 0.25) is 0 Å². The Morgan fingerprint density at radius 2 is 1.90 bits per heavy atom. The van der Waals surface area contributed by atoms with E-state index in [0.29, 0.717) is 46.9 Å². The highest BCUT2D eigenvalue weighted by Crippen LogP contribution is 2.38. The molecule has 4 aromatic rings. The van der Waals surface area contributed by atoms with Gasteiger partial charge in [-0.3, -0.25) is 4.40 Å². The summed E-state index contributed by atoms with van der Waals surface area (Å²) in [7, 11) is 0. The van der Waals surface area contributed by atoms with E-state index in [1.807, 2.05) is 23.1 Å². The van der Waals surface area contributed by atoms with Crippen molar-refractivity contribution in [3.8, 4) is 11.8 Å². The number of amides is 1. The van der Waals surface area contributed by atoms with Crippen LogP contribution in [0.1, 0.15) is 44.1 Å². The largest absolute Gasteiger partial charge is 0.437 e. The third-order valence-corrected chi connectivity index (χ3v) is 6.65. The third kappa shape index (κ3) is 5.11. The summed E-state index contributed by atoms with van der Waals surface area (Å²) in [6, 6.07) is 10.4. The topological polar surface area (TPSA) is 84.7 Å². The van der Waals surface area contributed by atoms with Crippen LogP contribution in [0.2, 0.25) is 0 Å². The number of nitrogens with zero attached hydrogens (tertiary/aromatic N) is 5. The van der Waals surface area contributed by atoms with Gasteiger partial charge in [0.15, 0.2) is 6.10 Å². The SMILES string of the molecule is Cc1nnc2nc(N3CCCc4c(C#CC(C)(C)NC(=O)OC(C)C(F)(F)F)cccc43)c3c(F)cccc3n12. The van der Waals surface area contributed by atoms with Crippen LogP contribution in [0, 0.1) is 24.6 Å². The fourth-order valence-electron chi connectivity index (χ4n) is 4.70. The molecule has 1 atom stereocenters. The van der Waals surface area contributed by atoms with Gasteiger partial charge in [0.25, 0.3) is 5.78 Å². The highest BCUT2D eigenvalue weighted by atomic mass is 19.4. The van der Waals surface area contributed by atoms with E-state index in [0.717, 1.165) is 24.6 Å². The van der Waals surface area contributed by atoms with E-state index in [4.69, 9.17) is 4.98 Å². The molecule has 0 bridgehead atoms. The number of aryl methyl sites for hydroxylation is 1. The Kier molecular flexibility index (Phi) is 6.77. The summed E-state index contributed by atoms with van der Waals surface area (Å²) in [5.74, 6) is 6.94. The van der Waals surface area contributed by atoms with Gasteiger partial charge >= 0.3 is 12.3 Å². The molecule has 0 radical (unpaired) electrons. The molecule has 0 saturated carbocycles. The van der Waals surface area contributed by atoms with Crippen molar-refractivity contribution in [3.63, 3.8) is 0 Å². The molecule has 8 nitrogen and oxygen atoms in total. The molecule has 1 aliphatic rings. The fourth-order valence-corrected chi connectivity index (χ4v) is 4.70. The number of hydrogen-bond acceptors (Lipinski definition) is 6. The number of aromatic nitrogens is 4. The van der Waals surface area contributed by atoms with E-state index in [-0.39, 0.29) is 0 Å². The van der Waals surface area contributed by atoms with Crippen LogP contribution < -0.4 is 10.2 Å². The van der Waals surface area contributed by atoms with Crippen LogP contribution in [0.15, 0.2) is 36.4 Å². The average molecular weight is 555 g/mol. The zero-order valence-electron chi connectivity index (χ0n) is 22.2. The molecule has 12 heteroatoms. The molecular weight excluding hydrogens is 528 g/mol. The number of rotatable bonds is 3. The predicted octanol–water partition coefficient (Wildman–Crippen LogP) is 5.62. The van der Waals surface area contributed by atoms with Crippen LogP contribution in [0.3, 0.4) is 0 Å². The number of alkyl halides is 3. The summed E-state index contributed by atoms with van der Waals surface area (Å²) >= 11 is 0. The molecule has 0 saturated heterocycles. The standard InChI is InChI=1S/C28H26F4N6O2/c1-16(28(30,31)32)40-26(39)34-27(3,4)14-13-18-8-5-11-21-19(18)9-7-15-37(21)24-23-20(29)10-6-12-22(23)38-17(2)35-36-25(38)33-24/h5-6,8,10-12,16H,7,9,15H2,1-4H3,(H,34,39). The van der Waals surface area contributed by atoms with Gasteiger partial charge in [-0.1, -0.05) is 24.0 Å². The first-order valence-corrected chi connectivity index (χ1v) is 12.6. The van der Waals surface area contributed by atoms with Gasteiger partial charge < -0.3 is 15.0 Å². The van der Waals surface area contributed by atoms with Gasteiger partial charge in [-0.15, -0.1) is 10.2 Å². The molecule has 0 aliphatic carbocycles. The number of nitrogens with one attached hydrogen (secondary N) is 1. The van der Waals surface area contributed by atoms with Crippen LogP contribution in [0.4, 0.5) is 33.9 Å². The van der Waals surface area contributed by atoms with Gasteiger partial charge in [0.05, 0.1) is 16.4 Å². The number of anilines is 2. The van der Waals surface area contributed by atoms with Gasteiger partial charge in [-0.25, -0.2) is 9.18 Å². The van der Waals surface area contributed by atoms with Crippen LogP contribution in [0.5, 0.6) is 0 Å². The first-order valence-electron chi connectivity index (χ1n) is 12.6. The second-order valence-corrected chi connectivity index (χ2v) is 10.1. The molecule has 2 aromatic carbocycles. The second kappa shape index (κ2) is 9.97. The van der Waals surface area contributed by atoms with Crippen molar-refractivity contribution >= 4 is 34.3 Å². The van der Waals surface area contributed by atoms with E-state index in [2.05, 4.69) is 32.1 Å². The van der Waals surface area contributed by atoms with Gasteiger partial charge in [0.1, 0.15) is 17.5 Å². The summed E-state index contributed by atoms with van der Waals surface area (Å²) in [5, 5.41) is 11.0. The molecule has 1 unspecified atom stereocenters. The first-order chi connectivity index (χ1) is 18.9. The minimum atomic E-state index is -4.66. The van der Waals surface area contributed by atoms with Crippen molar-refractivity contribution in [3.05, 3.63) is 59.2 Å². The van der Waals surface area contributed by atoms with Gasteiger partial charge in [-0.2, -0.15) is 18.2 Å². The Morgan fingerprint density at radius 1 is 1.15 bits per heavy atom. The number of benzene rings is 2. The maximum Gasteiger partial charge on any atom is 0.425 e. The highest BCUT2D eigenvalue weighted by molar-refractivity contribution is 5.94. The first kappa shape index (κ1) is 27.2. The van der Waals surface area contributed by atoms with E-state index >= 15 is 4.39 Å².